The number of carbonyl (C=O) groups excluding carboxylic acids is 1. The highest BCUT2D eigenvalue weighted by Crippen LogP contribution is 2.31. The smallest absolute Gasteiger partial charge is 0.224 e. The summed E-state index contributed by atoms with van der Waals surface area (Å²) in [5.41, 5.74) is 1.80. The number of aryl methyl sites for hydroxylation is 1. The summed E-state index contributed by atoms with van der Waals surface area (Å²) in [5.74, 6) is 1.49. The van der Waals surface area contributed by atoms with E-state index in [1.807, 2.05) is 18.2 Å². The fourth-order valence-electron chi connectivity index (χ4n) is 2.26. The normalized spacial score (nSPS) is 12.8. The van der Waals surface area contributed by atoms with E-state index in [9.17, 15) is 4.79 Å². The molecule has 0 radical (unpaired) electrons. The Morgan fingerprint density at radius 1 is 1.05 bits per heavy atom. The minimum absolute atomic E-state index is 0.0304. The zero-order chi connectivity index (χ0) is 15.4. The molecule has 0 bridgehead atoms. The van der Waals surface area contributed by atoms with Crippen molar-refractivity contribution in [1.82, 2.24) is 0 Å². The van der Waals surface area contributed by atoms with Gasteiger partial charge in [-0.25, -0.2) is 0 Å². The van der Waals surface area contributed by atoms with Gasteiger partial charge in [0.15, 0.2) is 11.5 Å². The Hall–Kier alpha value is -2.20. The van der Waals surface area contributed by atoms with Gasteiger partial charge in [-0.1, -0.05) is 17.7 Å². The molecule has 4 nitrogen and oxygen atoms in total. The second-order valence-electron chi connectivity index (χ2n) is 5.03. The molecule has 3 rings (SSSR count). The summed E-state index contributed by atoms with van der Waals surface area (Å²) < 4.78 is 11.0. The quantitative estimate of drug-likeness (QED) is 0.935. The van der Waals surface area contributed by atoms with Gasteiger partial charge in [-0.15, -0.1) is 0 Å². The van der Waals surface area contributed by atoms with Gasteiger partial charge in [-0.05, 0) is 48.4 Å². The van der Waals surface area contributed by atoms with Gasteiger partial charge in [0, 0.05) is 17.1 Å². The van der Waals surface area contributed by atoms with Crippen LogP contribution in [0.3, 0.4) is 0 Å². The van der Waals surface area contributed by atoms with Crippen molar-refractivity contribution in [2.75, 3.05) is 18.5 Å². The second-order valence-corrected chi connectivity index (χ2v) is 5.47. The number of nitrogens with one attached hydrogen (secondary N) is 1. The molecule has 0 saturated carbocycles. The molecular formula is C17H16ClNO3. The number of hydrogen-bond donors (Lipinski definition) is 1. The molecule has 1 aliphatic rings. The van der Waals surface area contributed by atoms with Gasteiger partial charge in [0.1, 0.15) is 13.2 Å². The molecule has 2 aromatic rings. The maximum atomic E-state index is 12.0. The minimum Gasteiger partial charge on any atom is -0.486 e. The molecule has 1 amide bonds. The lowest BCUT2D eigenvalue weighted by atomic mass is 10.1. The SMILES string of the molecule is O=C(CCc1ccc2c(c1)OCCO2)Nc1ccc(Cl)cc1. The van der Waals surface area contributed by atoms with E-state index in [4.69, 9.17) is 21.1 Å². The second kappa shape index (κ2) is 6.71. The third kappa shape index (κ3) is 3.71. The molecule has 1 aliphatic heterocycles. The predicted octanol–water partition coefficient (Wildman–Crippen LogP) is 3.68. The molecule has 0 fully saturated rings. The van der Waals surface area contributed by atoms with Gasteiger partial charge >= 0.3 is 0 Å². The number of carbonyl (C=O) groups is 1. The molecule has 0 aromatic heterocycles. The van der Waals surface area contributed by atoms with Crippen molar-refractivity contribution in [2.45, 2.75) is 12.8 Å². The third-order valence-electron chi connectivity index (χ3n) is 3.38. The highest BCUT2D eigenvalue weighted by atomic mass is 35.5. The van der Waals surface area contributed by atoms with Crippen molar-refractivity contribution in [2.24, 2.45) is 0 Å². The van der Waals surface area contributed by atoms with Crippen molar-refractivity contribution >= 4 is 23.2 Å². The van der Waals surface area contributed by atoms with Crippen LogP contribution in [0.25, 0.3) is 0 Å². The van der Waals surface area contributed by atoms with Crippen LogP contribution < -0.4 is 14.8 Å². The van der Waals surface area contributed by atoms with Crippen LogP contribution in [0.4, 0.5) is 5.69 Å². The third-order valence-corrected chi connectivity index (χ3v) is 3.63. The van der Waals surface area contributed by atoms with Crippen LogP contribution in [0.5, 0.6) is 11.5 Å². The van der Waals surface area contributed by atoms with E-state index in [2.05, 4.69) is 5.32 Å². The molecule has 114 valence electrons. The number of anilines is 1. The van der Waals surface area contributed by atoms with Crippen LogP contribution in [0.1, 0.15) is 12.0 Å². The first-order valence-corrected chi connectivity index (χ1v) is 7.52. The molecule has 22 heavy (non-hydrogen) atoms. The highest BCUT2D eigenvalue weighted by molar-refractivity contribution is 6.30. The molecule has 0 aliphatic carbocycles. The van der Waals surface area contributed by atoms with E-state index in [0.29, 0.717) is 31.1 Å². The molecule has 1 N–H and O–H groups in total. The van der Waals surface area contributed by atoms with E-state index in [1.165, 1.54) is 0 Å². The molecule has 0 unspecified atom stereocenters. The number of fused-ring (bicyclic) bond motifs is 1. The maximum Gasteiger partial charge on any atom is 0.224 e. The van der Waals surface area contributed by atoms with E-state index in [-0.39, 0.29) is 5.91 Å². The molecule has 2 aromatic carbocycles. The Balaban J connectivity index is 1.55. The molecule has 5 heteroatoms. The first kappa shape index (κ1) is 14.7. The van der Waals surface area contributed by atoms with Crippen molar-refractivity contribution in [3.05, 3.63) is 53.1 Å². The van der Waals surface area contributed by atoms with Gasteiger partial charge in [0.05, 0.1) is 0 Å². The Kier molecular flexibility index (Phi) is 4.49. The van der Waals surface area contributed by atoms with E-state index >= 15 is 0 Å². The van der Waals surface area contributed by atoms with Gasteiger partial charge in [-0.3, -0.25) is 4.79 Å². The number of hydrogen-bond acceptors (Lipinski definition) is 3. The highest BCUT2D eigenvalue weighted by Gasteiger charge is 2.12. The molecule has 0 atom stereocenters. The van der Waals surface area contributed by atoms with E-state index < -0.39 is 0 Å². The fraction of sp³-hybridized carbons (Fsp3) is 0.235. The summed E-state index contributed by atoms with van der Waals surface area (Å²) in [7, 11) is 0. The largest absolute Gasteiger partial charge is 0.486 e. The number of benzene rings is 2. The Morgan fingerprint density at radius 2 is 1.77 bits per heavy atom. The van der Waals surface area contributed by atoms with Crippen LogP contribution in [0.15, 0.2) is 42.5 Å². The van der Waals surface area contributed by atoms with Crippen LogP contribution in [0, 0.1) is 0 Å². The van der Waals surface area contributed by atoms with Crippen LogP contribution in [0.2, 0.25) is 5.02 Å². The number of ether oxygens (including phenoxy) is 2. The lowest BCUT2D eigenvalue weighted by Crippen LogP contribution is -2.15. The monoisotopic (exact) mass is 317 g/mol. The number of rotatable bonds is 4. The zero-order valence-corrected chi connectivity index (χ0v) is 12.7. The Morgan fingerprint density at radius 3 is 2.55 bits per heavy atom. The van der Waals surface area contributed by atoms with Crippen molar-refractivity contribution in [1.29, 1.82) is 0 Å². The topological polar surface area (TPSA) is 47.6 Å². The minimum atomic E-state index is -0.0304. The van der Waals surface area contributed by atoms with Crippen molar-refractivity contribution in [3.8, 4) is 11.5 Å². The van der Waals surface area contributed by atoms with Gasteiger partial charge in [0.2, 0.25) is 5.91 Å². The summed E-state index contributed by atoms with van der Waals surface area (Å²) >= 11 is 5.81. The molecule has 0 saturated heterocycles. The predicted molar refractivity (Wildman–Crippen MR) is 85.8 cm³/mol. The summed E-state index contributed by atoms with van der Waals surface area (Å²) in [6, 6.07) is 12.8. The van der Waals surface area contributed by atoms with Gasteiger partial charge in [0.25, 0.3) is 0 Å². The fourth-order valence-corrected chi connectivity index (χ4v) is 2.38. The first-order valence-electron chi connectivity index (χ1n) is 7.15. The van der Waals surface area contributed by atoms with Crippen LogP contribution >= 0.6 is 11.6 Å². The van der Waals surface area contributed by atoms with Gasteiger partial charge in [-0.2, -0.15) is 0 Å². The van der Waals surface area contributed by atoms with E-state index in [0.717, 1.165) is 22.7 Å². The molecule has 0 spiro atoms. The summed E-state index contributed by atoms with van der Waals surface area (Å²) in [4.78, 5) is 12.0. The molecule has 1 heterocycles. The summed E-state index contributed by atoms with van der Waals surface area (Å²) in [6.45, 7) is 1.14. The van der Waals surface area contributed by atoms with E-state index in [1.54, 1.807) is 24.3 Å². The summed E-state index contributed by atoms with van der Waals surface area (Å²) in [6.07, 6.45) is 1.05. The van der Waals surface area contributed by atoms with Crippen molar-refractivity contribution < 1.29 is 14.3 Å². The lowest BCUT2D eigenvalue weighted by Gasteiger charge is -2.18. The van der Waals surface area contributed by atoms with Crippen LogP contribution in [-0.4, -0.2) is 19.1 Å². The van der Waals surface area contributed by atoms with Crippen LogP contribution in [-0.2, 0) is 11.2 Å². The number of halogens is 1. The summed E-state index contributed by atoms with van der Waals surface area (Å²) in [5, 5.41) is 3.50. The Bertz CT molecular complexity index is 670. The average Bonchev–Trinajstić information content (AvgIpc) is 2.55. The molecular weight excluding hydrogens is 302 g/mol. The maximum absolute atomic E-state index is 12.0. The first-order chi connectivity index (χ1) is 10.7. The van der Waals surface area contributed by atoms with Crippen molar-refractivity contribution in [3.63, 3.8) is 0 Å². The average molecular weight is 318 g/mol. The standard InChI is InChI=1S/C17H16ClNO3/c18-13-3-5-14(6-4-13)19-17(20)8-2-12-1-7-15-16(11-12)22-10-9-21-15/h1,3-7,11H,2,8-10H2,(H,19,20). The Labute approximate surface area is 134 Å². The number of amides is 1. The lowest BCUT2D eigenvalue weighted by molar-refractivity contribution is -0.116. The van der Waals surface area contributed by atoms with Gasteiger partial charge < -0.3 is 14.8 Å². The zero-order valence-electron chi connectivity index (χ0n) is 12.0.